The highest BCUT2D eigenvalue weighted by atomic mass is 79.9. The fourth-order valence-corrected chi connectivity index (χ4v) is 3.02. The molecule has 0 radical (unpaired) electrons. The van der Waals surface area contributed by atoms with Crippen molar-refractivity contribution in [3.05, 3.63) is 22.2 Å². The Morgan fingerprint density at radius 3 is 2.45 bits per heavy atom. The molecule has 0 bridgehead atoms. The number of amides is 2. The molecule has 2 rings (SSSR count). The first-order chi connectivity index (χ1) is 9.18. The van der Waals surface area contributed by atoms with E-state index in [9.17, 15) is 9.59 Å². The van der Waals surface area contributed by atoms with Gasteiger partial charge in [0, 0.05) is 16.6 Å². The second kappa shape index (κ2) is 4.88. The van der Waals surface area contributed by atoms with Crippen LogP contribution in [0.1, 0.15) is 32.8 Å². The lowest BCUT2D eigenvalue weighted by Crippen LogP contribution is -2.37. The molecule has 1 aliphatic rings. The van der Waals surface area contributed by atoms with Crippen molar-refractivity contribution in [3.63, 3.8) is 0 Å². The molecule has 2 amide bonds. The van der Waals surface area contributed by atoms with Crippen molar-refractivity contribution in [1.29, 1.82) is 0 Å². The van der Waals surface area contributed by atoms with Gasteiger partial charge in [-0.3, -0.25) is 9.59 Å². The molecule has 1 unspecified atom stereocenters. The molecule has 108 valence electrons. The molecule has 5 heteroatoms. The van der Waals surface area contributed by atoms with Crippen molar-refractivity contribution in [2.24, 2.45) is 11.3 Å². The monoisotopic (exact) mass is 338 g/mol. The number of carbonyl (C=O) groups is 2. The molecular formula is C15H19BrN2O2. The molecule has 4 nitrogen and oxygen atoms in total. The maximum absolute atomic E-state index is 12.7. The molecule has 1 heterocycles. The molecule has 20 heavy (non-hydrogen) atoms. The maximum atomic E-state index is 12.7. The number of hydrogen-bond donors (Lipinski definition) is 1. The molecule has 2 N–H and O–H groups in total. The fraction of sp³-hybridized carbons (Fsp3) is 0.467. The van der Waals surface area contributed by atoms with Gasteiger partial charge in [0.1, 0.15) is 0 Å². The van der Waals surface area contributed by atoms with E-state index in [-0.39, 0.29) is 24.2 Å². The molecule has 0 saturated carbocycles. The smallest absolute Gasteiger partial charge is 0.240 e. The van der Waals surface area contributed by atoms with Crippen LogP contribution in [0.15, 0.2) is 16.6 Å². The van der Waals surface area contributed by atoms with Crippen molar-refractivity contribution in [1.82, 2.24) is 0 Å². The van der Waals surface area contributed by atoms with Crippen molar-refractivity contribution in [2.45, 2.75) is 34.1 Å². The topological polar surface area (TPSA) is 63.4 Å². The van der Waals surface area contributed by atoms with Crippen LogP contribution in [0.2, 0.25) is 0 Å². The zero-order valence-corrected chi connectivity index (χ0v) is 13.7. The van der Waals surface area contributed by atoms with Crippen molar-refractivity contribution in [3.8, 4) is 0 Å². The predicted molar refractivity (Wildman–Crippen MR) is 83.3 cm³/mol. The number of rotatable bonds is 2. The van der Waals surface area contributed by atoms with Gasteiger partial charge < -0.3 is 5.73 Å². The summed E-state index contributed by atoms with van der Waals surface area (Å²) in [6.07, 6.45) is 0.240. The van der Waals surface area contributed by atoms with Gasteiger partial charge in [0.05, 0.1) is 11.1 Å². The first kappa shape index (κ1) is 15.0. The number of anilines is 2. The van der Waals surface area contributed by atoms with Crippen LogP contribution in [-0.2, 0) is 9.59 Å². The lowest BCUT2D eigenvalue weighted by atomic mass is 9.78. The number of halogens is 1. The zero-order chi connectivity index (χ0) is 15.2. The lowest BCUT2D eigenvalue weighted by molar-refractivity contribution is -0.126. The Balaban J connectivity index is 2.52. The van der Waals surface area contributed by atoms with E-state index in [0.29, 0.717) is 15.8 Å². The summed E-state index contributed by atoms with van der Waals surface area (Å²) in [7, 11) is 0. The third-order valence-electron chi connectivity index (χ3n) is 4.31. The van der Waals surface area contributed by atoms with Gasteiger partial charge in [-0.1, -0.05) is 13.8 Å². The lowest BCUT2D eigenvalue weighted by Gasteiger charge is -2.26. The van der Waals surface area contributed by atoms with Gasteiger partial charge >= 0.3 is 0 Å². The van der Waals surface area contributed by atoms with Gasteiger partial charge in [-0.05, 0) is 53.4 Å². The van der Waals surface area contributed by atoms with Crippen molar-refractivity contribution < 1.29 is 9.59 Å². The van der Waals surface area contributed by atoms with Gasteiger partial charge in [-0.2, -0.15) is 0 Å². The Hall–Kier alpha value is -1.36. The van der Waals surface area contributed by atoms with Gasteiger partial charge in [0.25, 0.3) is 0 Å². The molecule has 1 aromatic rings. The number of benzene rings is 1. The van der Waals surface area contributed by atoms with Crippen LogP contribution in [0.3, 0.4) is 0 Å². The quantitative estimate of drug-likeness (QED) is 0.664. The Kier molecular flexibility index (Phi) is 3.67. The van der Waals surface area contributed by atoms with E-state index in [1.54, 1.807) is 6.07 Å². The largest absolute Gasteiger partial charge is 0.398 e. The Morgan fingerprint density at radius 2 is 1.95 bits per heavy atom. The second-order valence-electron chi connectivity index (χ2n) is 5.94. The van der Waals surface area contributed by atoms with Crippen molar-refractivity contribution in [2.75, 3.05) is 10.6 Å². The van der Waals surface area contributed by atoms with Gasteiger partial charge in [-0.15, -0.1) is 0 Å². The molecule has 0 aliphatic carbocycles. The van der Waals surface area contributed by atoms with Crippen LogP contribution in [0.25, 0.3) is 0 Å². The highest BCUT2D eigenvalue weighted by molar-refractivity contribution is 9.10. The molecule has 0 aromatic heterocycles. The molecule has 1 fully saturated rings. The Labute approximate surface area is 127 Å². The van der Waals surface area contributed by atoms with Crippen LogP contribution in [0, 0.1) is 18.3 Å². The van der Waals surface area contributed by atoms with Crippen LogP contribution in [-0.4, -0.2) is 11.8 Å². The summed E-state index contributed by atoms with van der Waals surface area (Å²) in [5.74, 6) is -0.220. The Bertz CT molecular complexity index is 598. The molecule has 0 spiro atoms. The average molecular weight is 339 g/mol. The molecule has 1 aliphatic heterocycles. The summed E-state index contributed by atoms with van der Waals surface area (Å²) in [6, 6.07) is 3.51. The van der Waals surface area contributed by atoms with Crippen LogP contribution < -0.4 is 10.6 Å². The number of nitrogens with two attached hydrogens (primary N) is 1. The zero-order valence-electron chi connectivity index (χ0n) is 12.2. The molecular weight excluding hydrogens is 320 g/mol. The van der Waals surface area contributed by atoms with Crippen LogP contribution >= 0.6 is 15.9 Å². The number of nitrogen functional groups attached to an aromatic ring is 1. The number of hydrogen-bond acceptors (Lipinski definition) is 3. The molecule has 1 aromatic carbocycles. The molecule has 1 atom stereocenters. The first-order valence-corrected chi connectivity index (χ1v) is 7.40. The van der Waals surface area contributed by atoms with Crippen LogP contribution in [0.5, 0.6) is 0 Å². The summed E-state index contributed by atoms with van der Waals surface area (Å²) >= 11 is 3.42. The highest BCUT2D eigenvalue weighted by Crippen LogP contribution is 2.43. The van der Waals surface area contributed by atoms with E-state index in [1.165, 1.54) is 4.90 Å². The van der Waals surface area contributed by atoms with Gasteiger partial charge in [0.15, 0.2) is 0 Å². The Morgan fingerprint density at radius 1 is 1.35 bits per heavy atom. The summed E-state index contributed by atoms with van der Waals surface area (Å²) in [5.41, 5.74) is 7.28. The number of nitrogens with zero attached hydrogens (tertiary/aromatic N) is 1. The third kappa shape index (κ3) is 2.14. The highest BCUT2D eigenvalue weighted by Gasteiger charge is 2.50. The fourth-order valence-electron chi connectivity index (χ4n) is 2.38. The SMILES string of the molecule is Cc1cc(Br)c(N2C(=O)CC(C)(C(C)C)C2=O)cc1N. The molecule has 1 saturated heterocycles. The van der Waals surface area contributed by atoms with E-state index in [0.717, 1.165) is 5.56 Å². The standard InChI is InChI=1S/C15H19BrN2O2/c1-8(2)15(4)7-13(19)18(14(15)20)12-6-11(17)9(3)5-10(12)16/h5-6,8H,7,17H2,1-4H3. The average Bonchev–Trinajstić information content (AvgIpc) is 2.57. The third-order valence-corrected chi connectivity index (χ3v) is 4.95. The first-order valence-electron chi connectivity index (χ1n) is 6.61. The number of imide groups is 1. The maximum Gasteiger partial charge on any atom is 0.240 e. The minimum absolute atomic E-state index is 0.102. The van der Waals surface area contributed by atoms with E-state index < -0.39 is 5.41 Å². The summed E-state index contributed by atoms with van der Waals surface area (Å²) < 4.78 is 0.707. The van der Waals surface area contributed by atoms with E-state index in [2.05, 4.69) is 15.9 Å². The van der Waals surface area contributed by atoms with Crippen LogP contribution in [0.4, 0.5) is 11.4 Å². The van der Waals surface area contributed by atoms with Gasteiger partial charge in [0.2, 0.25) is 11.8 Å². The normalized spacial score (nSPS) is 23.0. The van der Waals surface area contributed by atoms with E-state index >= 15 is 0 Å². The van der Waals surface area contributed by atoms with Crippen molar-refractivity contribution >= 4 is 39.1 Å². The number of carbonyl (C=O) groups excluding carboxylic acids is 2. The summed E-state index contributed by atoms with van der Waals surface area (Å²) in [5, 5.41) is 0. The summed E-state index contributed by atoms with van der Waals surface area (Å²) in [4.78, 5) is 26.2. The number of aryl methyl sites for hydroxylation is 1. The van der Waals surface area contributed by atoms with Gasteiger partial charge in [-0.25, -0.2) is 4.90 Å². The minimum atomic E-state index is -0.643. The van der Waals surface area contributed by atoms with E-state index in [4.69, 9.17) is 5.73 Å². The predicted octanol–water partition coefficient (Wildman–Crippen LogP) is 3.27. The summed E-state index contributed by atoms with van der Waals surface area (Å²) in [6.45, 7) is 7.67. The minimum Gasteiger partial charge on any atom is -0.398 e. The van der Waals surface area contributed by atoms with E-state index in [1.807, 2.05) is 33.8 Å². The second-order valence-corrected chi connectivity index (χ2v) is 6.80.